The van der Waals surface area contributed by atoms with Crippen molar-refractivity contribution in [2.24, 2.45) is 5.92 Å². The van der Waals surface area contributed by atoms with Gasteiger partial charge in [-0.25, -0.2) is 9.59 Å². The fourth-order valence-corrected chi connectivity index (χ4v) is 1.58. The third-order valence-electron chi connectivity index (χ3n) is 2.95. The summed E-state index contributed by atoms with van der Waals surface area (Å²) < 4.78 is 5.20. The van der Waals surface area contributed by atoms with Crippen LogP contribution in [0.15, 0.2) is 0 Å². The van der Waals surface area contributed by atoms with Crippen molar-refractivity contribution in [1.82, 2.24) is 10.6 Å². The van der Waals surface area contributed by atoms with E-state index < -0.39 is 17.6 Å². The fraction of sp³-hybridized carbons (Fsp3) is 0.818. The van der Waals surface area contributed by atoms with Crippen LogP contribution in [0.4, 0.5) is 4.79 Å². The topological polar surface area (TPSA) is 108 Å². The molecule has 1 saturated heterocycles. The molecule has 104 valence electrons. The molecule has 1 fully saturated rings. The SMILES string of the molecule is CC(O)(CNC(=O)NCC1CCOCC1)C(=O)O. The summed E-state index contributed by atoms with van der Waals surface area (Å²) in [6.07, 6.45) is 1.82. The van der Waals surface area contributed by atoms with E-state index in [2.05, 4.69) is 10.6 Å². The van der Waals surface area contributed by atoms with Crippen molar-refractivity contribution in [3.05, 3.63) is 0 Å². The number of ether oxygens (including phenoxy) is 1. The number of rotatable bonds is 5. The number of nitrogens with one attached hydrogen (secondary N) is 2. The second kappa shape index (κ2) is 6.55. The molecular formula is C11H20N2O5. The van der Waals surface area contributed by atoms with Crippen molar-refractivity contribution < 1.29 is 24.5 Å². The monoisotopic (exact) mass is 260 g/mol. The summed E-state index contributed by atoms with van der Waals surface area (Å²) >= 11 is 0. The Hall–Kier alpha value is -1.34. The smallest absolute Gasteiger partial charge is 0.337 e. The molecule has 0 bridgehead atoms. The van der Waals surface area contributed by atoms with Crippen LogP contribution in [0.2, 0.25) is 0 Å². The van der Waals surface area contributed by atoms with Crippen molar-refractivity contribution in [1.29, 1.82) is 0 Å². The molecule has 0 aromatic carbocycles. The third-order valence-corrected chi connectivity index (χ3v) is 2.95. The van der Waals surface area contributed by atoms with Gasteiger partial charge in [-0.2, -0.15) is 0 Å². The minimum atomic E-state index is -1.95. The Labute approximate surface area is 106 Å². The highest BCUT2D eigenvalue weighted by molar-refractivity contribution is 5.79. The van der Waals surface area contributed by atoms with Gasteiger partial charge in [-0.3, -0.25) is 0 Å². The number of carbonyl (C=O) groups is 2. The molecule has 7 nitrogen and oxygen atoms in total. The van der Waals surface area contributed by atoms with E-state index in [9.17, 15) is 14.7 Å². The van der Waals surface area contributed by atoms with Crippen LogP contribution in [-0.2, 0) is 9.53 Å². The summed E-state index contributed by atoms with van der Waals surface area (Å²) in [5.74, 6) is -0.975. The zero-order valence-corrected chi connectivity index (χ0v) is 10.4. The molecule has 1 rings (SSSR count). The van der Waals surface area contributed by atoms with Crippen molar-refractivity contribution in [2.45, 2.75) is 25.4 Å². The maximum Gasteiger partial charge on any atom is 0.337 e. The van der Waals surface area contributed by atoms with E-state index >= 15 is 0 Å². The van der Waals surface area contributed by atoms with Crippen LogP contribution in [0.25, 0.3) is 0 Å². The van der Waals surface area contributed by atoms with E-state index in [1.165, 1.54) is 0 Å². The maximum atomic E-state index is 11.4. The summed E-state index contributed by atoms with van der Waals surface area (Å²) in [5, 5.41) is 23.0. The van der Waals surface area contributed by atoms with Crippen LogP contribution < -0.4 is 10.6 Å². The van der Waals surface area contributed by atoms with Gasteiger partial charge in [0.15, 0.2) is 5.60 Å². The van der Waals surface area contributed by atoms with Gasteiger partial charge >= 0.3 is 12.0 Å². The first-order valence-electron chi connectivity index (χ1n) is 5.97. The Morgan fingerprint density at radius 1 is 1.33 bits per heavy atom. The van der Waals surface area contributed by atoms with Gasteiger partial charge in [-0.15, -0.1) is 0 Å². The molecule has 1 aliphatic rings. The van der Waals surface area contributed by atoms with Gasteiger partial charge in [0.05, 0.1) is 6.54 Å². The summed E-state index contributed by atoms with van der Waals surface area (Å²) in [5.41, 5.74) is -1.95. The van der Waals surface area contributed by atoms with E-state index in [0.29, 0.717) is 25.7 Å². The van der Waals surface area contributed by atoms with Gasteiger partial charge in [0, 0.05) is 19.8 Å². The number of amides is 2. The van der Waals surface area contributed by atoms with E-state index in [1.807, 2.05) is 0 Å². The minimum Gasteiger partial charge on any atom is -0.479 e. The molecule has 1 heterocycles. The summed E-state index contributed by atoms with van der Waals surface area (Å²) in [6.45, 7) is 2.75. The average Bonchev–Trinajstić information content (AvgIpc) is 2.35. The van der Waals surface area contributed by atoms with Crippen molar-refractivity contribution in [3.63, 3.8) is 0 Å². The van der Waals surface area contributed by atoms with Gasteiger partial charge in [-0.05, 0) is 25.7 Å². The van der Waals surface area contributed by atoms with Gasteiger partial charge in [-0.1, -0.05) is 0 Å². The predicted octanol–water partition coefficient (Wildman–Crippen LogP) is -0.452. The predicted molar refractivity (Wildman–Crippen MR) is 63.2 cm³/mol. The number of hydrogen-bond acceptors (Lipinski definition) is 4. The quantitative estimate of drug-likeness (QED) is 0.535. The third kappa shape index (κ3) is 4.89. The first kappa shape index (κ1) is 14.7. The normalized spacial score (nSPS) is 19.9. The van der Waals surface area contributed by atoms with Crippen molar-refractivity contribution in [3.8, 4) is 0 Å². The Kier molecular flexibility index (Phi) is 5.36. The lowest BCUT2D eigenvalue weighted by atomic mass is 10.0. The molecule has 2 amide bonds. The number of carboxylic acids is 1. The Bertz CT molecular complexity index is 300. The molecule has 1 aliphatic heterocycles. The molecule has 0 aromatic heterocycles. The second-order valence-electron chi connectivity index (χ2n) is 4.70. The molecule has 1 atom stereocenters. The van der Waals surface area contributed by atoms with Crippen LogP contribution in [-0.4, -0.2) is 54.1 Å². The number of aliphatic carboxylic acids is 1. The first-order chi connectivity index (χ1) is 8.42. The van der Waals surface area contributed by atoms with Crippen molar-refractivity contribution in [2.75, 3.05) is 26.3 Å². The molecular weight excluding hydrogens is 240 g/mol. The summed E-state index contributed by atoms with van der Waals surface area (Å²) in [7, 11) is 0. The fourth-order valence-electron chi connectivity index (χ4n) is 1.58. The first-order valence-corrected chi connectivity index (χ1v) is 5.97. The molecule has 0 spiro atoms. The Morgan fingerprint density at radius 3 is 2.50 bits per heavy atom. The number of carbonyl (C=O) groups excluding carboxylic acids is 1. The van der Waals surface area contributed by atoms with Crippen LogP contribution in [0.5, 0.6) is 0 Å². The van der Waals surface area contributed by atoms with Crippen molar-refractivity contribution >= 4 is 12.0 Å². The van der Waals surface area contributed by atoms with E-state index in [0.717, 1.165) is 19.8 Å². The number of urea groups is 1. The van der Waals surface area contributed by atoms with Gasteiger partial charge < -0.3 is 25.6 Å². The standard InChI is InChI=1S/C11H20N2O5/c1-11(17,9(14)15)7-13-10(16)12-6-8-2-4-18-5-3-8/h8,17H,2-7H2,1H3,(H,14,15)(H2,12,13,16). The largest absolute Gasteiger partial charge is 0.479 e. The lowest BCUT2D eigenvalue weighted by molar-refractivity contribution is -0.155. The molecule has 1 unspecified atom stereocenters. The molecule has 7 heteroatoms. The average molecular weight is 260 g/mol. The van der Waals surface area contributed by atoms with Crippen LogP contribution in [0, 0.1) is 5.92 Å². The zero-order valence-electron chi connectivity index (χ0n) is 10.4. The highest BCUT2D eigenvalue weighted by Crippen LogP contribution is 2.12. The van der Waals surface area contributed by atoms with E-state index in [4.69, 9.17) is 9.84 Å². The number of hydrogen-bond donors (Lipinski definition) is 4. The van der Waals surface area contributed by atoms with Crippen LogP contribution >= 0.6 is 0 Å². The Balaban J connectivity index is 2.19. The highest BCUT2D eigenvalue weighted by atomic mass is 16.5. The lowest BCUT2D eigenvalue weighted by Crippen LogP contribution is -2.49. The highest BCUT2D eigenvalue weighted by Gasteiger charge is 2.30. The van der Waals surface area contributed by atoms with Gasteiger partial charge in [0.1, 0.15) is 0 Å². The van der Waals surface area contributed by atoms with Crippen LogP contribution in [0.1, 0.15) is 19.8 Å². The van der Waals surface area contributed by atoms with E-state index in [1.54, 1.807) is 0 Å². The number of aliphatic hydroxyl groups is 1. The van der Waals surface area contributed by atoms with Gasteiger partial charge in [0.25, 0.3) is 0 Å². The summed E-state index contributed by atoms with van der Waals surface area (Å²) in [4.78, 5) is 22.0. The molecule has 0 radical (unpaired) electrons. The zero-order chi connectivity index (χ0) is 13.6. The number of carboxylic acid groups (broad SMARTS) is 1. The lowest BCUT2D eigenvalue weighted by Gasteiger charge is -2.23. The van der Waals surface area contributed by atoms with Gasteiger partial charge in [0.2, 0.25) is 0 Å². The molecule has 0 aromatic rings. The molecule has 0 aliphatic carbocycles. The molecule has 18 heavy (non-hydrogen) atoms. The second-order valence-corrected chi connectivity index (χ2v) is 4.70. The minimum absolute atomic E-state index is 0.331. The summed E-state index contributed by atoms with van der Waals surface area (Å²) in [6, 6.07) is -0.469. The molecule has 4 N–H and O–H groups in total. The maximum absolute atomic E-state index is 11.4. The van der Waals surface area contributed by atoms with Crippen LogP contribution in [0.3, 0.4) is 0 Å². The van der Waals surface area contributed by atoms with E-state index in [-0.39, 0.29) is 6.54 Å². The molecule has 0 saturated carbocycles. The Morgan fingerprint density at radius 2 is 1.94 bits per heavy atom.